The summed E-state index contributed by atoms with van der Waals surface area (Å²) in [5, 5.41) is 3.81. The second kappa shape index (κ2) is 7.72. The summed E-state index contributed by atoms with van der Waals surface area (Å²) in [6.07, 6.45) is 1.69. The number of carbonyl (C=O) groups excluding carboxylic acids is 2. The second-order valence-electron chi connectivity index (χ2n) is 7.04. The van der Waals surface area contributed by atoms with Gasteiger partial charge in [0.05, 0.1) is 12.1 Å². The number of aryl methyl sites for hydroxylation is 2. The summed E-state index contributed by atoms with van der Waals surface area (Å²) < 4.78 is 5.13. The van der Waals surface area contributed by atoms with Crippen molar-refractivity contribution in [2.45, 2.75) is 45.7 Å². The van der Waals surface area contributed by atoms with Gasteiger partial charge in [-0.15, -0.1) is 0 Å². The summed E-state index contributed by atoms with van der Waals surface area (Å²) in [5.41, 5.74) is 3.03. The molecule has 3 rings (SSSR count). The molecule has 6 heteroatoms. The molecular weight excluding hydrogens is 330 g/mol. The van der Waals surface area contributed by atoms with Crippen LogP contribution in [0, 0.1) is 13.8 Å². The first-order valence-electron chi connectivity index (χ1n) is 8.96. The Balaban J connectivity index is 1.63. The largest absolute Gasteiger partial charge is 0.361 e. The highest BCUT2D eigenvalue weighted by molar-refractivity contribution is 5.88. The average molecular weight is 355 g/mol. The van der Waals surface area contributed by atoms with Crippen LogP contribution in [0.3, 0.4) is 0 Å². The smallest absolute Gasteiger partial charge is 0.245 e. The SMILES string of the molecule is Cc1ccc(CN(C)C(=O)C2CCCN2C(=O)Cc2cc(C)no2)cc1. The molecule has 2 aromatic rings. The number of aromatic nitrogens is 1. The minimum Gasteiger partial charge on any atom is -0.361 e. The fraction of sp³-hybridized carbons (Fsp3) is 0.450. The Labute approximate surface area is 153 Å². The quantitative estimate of drug-likeness (QED) is 0.826. The molecule has 0 N–H and O–H groups in total. The summed E-state index contributed by atoms with van der Waals surface area (Å²) in [6.45, 7) is 5.01. The molecule has 2 heterocycles. The average Bonchev–Trinajstić information content (AvgIpc) is 3.25. The van der Waals surface area contributed by atoms with Gasteiger partial charge in [0.1, 0.15) is 11.8 Å². The summed E-state index contributed by atoms with van der Waals surface area (Å²) in [7, 11) is 1.79. The molecular formula is C20H25N3O3. The predicted molar refractivity (Wildman–Crippen MR) is 97.3 cm³/mol. The van der Waals surface area contributed by atoms with Crippen LogP contribution in [0.25, 0.3) is 0 Å². The van der Waals surface area contributed by atoms with Crippen LogP contribution in [0.4, 0.5) is 0 Å². The van der Waals surface area contributed by atoms with Crippen molar-refractivity contribution in [3.05, 3.63) is 52.9 Å². The molecule has 1 saturated heterocycles. The van der Waals surface area contributed by atoms with Gasteiger partial charge < -0.3 is 14.3 Å². The minimum absolute atomic E-state index is 0.00910. The first-order valence-corrected chi connectivity index (χ1v) is 8.96. The summed E-state index contributed by atoms with van der Waals surface area (Å²) in [6, 6.07) is 9.51. The molecule has 1 fully saturated rings. The van der Waals surface area contributed by atoms with E-state index in [1.807, 2.05) is 38.1 Å². The van der Waals surface area contributed by atoms with Gasteiger partial charge in [-0.1, -0.05) is 35.0 Å². The van der Waals surface area contributed by atoms with Gasteiger partial charge in [-0.3, -0.25) is 9.59 Å². The number of likely N-dealkylation sites (tertiary alicyclic amines) is 1. The van der Waals surface area contributed by atoms with Crippen LogP contribution in [0.5, 0.6) is 0 Å². The minimum atomic E-state index is -0.387. The topological polar surface area (TPSA) is 66.7 Å². The number of amides is 2. The Bertz CT molecular complexity index is 782. The van der Waals surface area contributed by atoms with Gasteiger partial charge >= 0.3 is 0 Å². The van der Waals surface area contributed by atoms with Crippen molar-refractivity contribution in [3.8, 4) is 0 Å². The highest BCUT2D eigenvalue weighted by atomic mass is 16.5. The zero-order valence-corrected chi connectivity index (χ0v) is 15.6. The van der Waals surface area contributed by atoms with E-state index < -0.39 is 0 Å². The molecule has 0 radical (unpaired) electrons. The van der Waals surface area contributed by atoms with Crippen molar-refractivity contribution in [1.29, 1.82) is 0 Å². The second-order valence-corrected chi connectivity index (χ2v) is 7.04. The first kappa shape index (κ1) is 18.2. The van der Waals surface area contributed by atoms with Crippen LogP contribution in [-0.2, 0) is 22.6 Å². The third kappa shape index (κ3) is 4.12. The number of hydrogen-bond acceptors (Lipinski definition) is 4. The molecule has 1 aliphatic rings. The van der Waals surface area contributed by atoms with Crippen LogP contribution >= 0.6 is 0 Å². The van der Waals surface area contributed by atoms with Crippen LogP contribution in [0.2, 0.25) is 0 Å². The summed E-state index contributed by atoms with van der Waals surface area (Å²) >= 11 is 0. The Morgan fingerprint density at radius 1 is 1.27 bits per heavy atom. The van der Waals surface area contributed by atoms with E-state index in [1.165, 1.54) is 5.56 Å². The highest BCUT2D eigenvalue weighted by Crippen LogP contribution is 2.21. The van der Waals surface area contributed by atoms with E-state index in [9.17, 15) is 9.59 Å². The first-order chi connectivity index (χ1) is 12.4. The van der Waals surface area contributed by atoms with Gasteiger partial charge in [0.25, 0.3) is 0 Å². The lowest BCUT2D eigenvalue weighted by atomic mass is 10.1. The van der Waals surface area contributed by atoms with E-state index >= 15 is 0 Å². The fourth-order valence-electron chi connectivity index (χ4n) is 3.37. The van der Waals surface area contributed by atoms with Gasteiger partial charge in [-0.05, 0) is 32.3 Å². The van der Waals surface area contributed by atoms with Crippen molar-refractivity contribution >= 4 is 11.8 Å². The van der Waals surface area contributed by atoms with Crippen LogP contribution in [0.15, 0.2) is 34.9 Å². The molecule has 1 aromatic carbocycles. The van der Waals surface area contributed by atoms with Gasteiger partial charge in [-0.25, -0.2) is 0 Å². The van der Waals surface area contributed by atoms with Crippen molar-refractivity contribution in [3.63, 3.8) is 0 Å². The van der Waals surface area contributed by atoms with E-state index in [4.69, 9.17) is 4.52 Å². The molecule has 0 bridgehead atoms. The Morgan fingerprint density at radius 3 is 2.65 bits per heavy atom. The van der Waals surface area contributed by atoms with E-state index in [0.717, 1.165) is 17.7 Å². The normalized spacial score (nSPS) is 16.7. The zero-order chi connectivity index (χ0) is 18.7. The maximum atomic E-state index is 12.9. The van der Waals surface area contributed by atoms with E-state index in [-0.39, 0.29) is 24.3 Å². The number of nitrogens with zero attached hydrogens (tertiary/aromatic N) is 3. The third-order valence-corrected chi connectivity index (χ3v) is 4.78. The van der Waals surface area contributed by atoms with E-state index in [1.54, 1.807) is 22.9 Å². The molecule has 1 atom stereocenters. The fourth-order valence-corrected chi connectivity index (χ4v) is 3.37. The lowest BCUT2D eigenvalue weighted by Gasteiger charge is -2.28. The predicted octanol–water partition coefficient (Wildman–Crippen LogP) is 2.48. The van der Waals surface area contributed by atoms with Crippen molar-refractivity contribution in [1.82, 2.24) is 15.0 Å². The maximum Gasteiger partial charge on any atom is 0.245 e. The number of hydrogen-bond donors (Lipinski definition) is 0. The third-order valence-electron chi connectivity index (χ3n) is 4.78. The van der Waals surface area contributed by atoms with Crippen molar-refractivity contribution in [2.24, 2.45) is 0 Å². The molecule has 1 aliphatic heterocycles. The molecule has 6 nitrogen and oxygen atoms in total. The lowest BCUT2D eigenvalue weighted by Crippen LogP contribution is -2.46. The van der Waals surface area contributed by atoms with Crippen molar-refractivity contribution < 1.29 is 14.1 Å². The zero-order valence-electron chi connectivity index (χ0n) is 15.6. The molecule has 0 spiro atoms. The molecule has 26 heavy (non-hydrogen) atoms. The molecule has 1 unspecified atom stereocenters. The van der Waals surface area contributed by atoms with Crippen LogP contribution in [-0.4, -0.2) is 46.4 Å². The molecule has 2 amide bonds. The molecule has 0 aliphatic carbocycles. The van der Waals surface area contributed by atoms with Gasteiger partial charge in [0.2, 0.25) is 11.8 Å². The molecule has 0 saturated carbocycles. The summed E-state index contributed by atoms with van der Waals surface area (Å²) in [5.74, 6) is 0.449. The van der Waals surface area contributed by atoms with Crippen LogP contribution < -0.4 is 0 Å². The van der Waals surface area contributed by atoms with E-state index in [0.29, 0.717) is 25.3 Å². The van der Waals surface area contributed by atoms with E-state index in [2.05, 4.69) is 5.16 Å². The van der Waals surface area contributed by atoms with Crippen molar-refractivity contribution in [2.75, 3.05) is 13.6 Å². The molecule has 138 valence electrons. The number of likely N-dealkylation sites (N-methyl/N-ethyl adjacent to an activating group) is 1. The Hall–Kier alpha value is -2.63. The summed E-state index contributed by atoms with van der Waals surface area (Å²) in [4.78, 5) is 28.9. The van der Waals surface area contributed by atoms with Crippen LogP contribution in [0.1, 0.15) is 35.4 Å². The van der Waals surface area contributed by atoms with Gasteiger partial charge in [0.15, 0.2) is 0 Å². The van der Waals surface area contributed by atoms with Gasteiger partial charge in [0, 0.05) is 26.2 Å². The number of carbonyl (C=O) groups is 2. The molecule has 1 aromatic heterocycles. The monoisotopic (exact) mass is 355 g/mol. The van der Waals surface area contributed by atoms with Gasteiger partial charge in [-0.2, -0.15) is 0 Å². The standard InChI is InChI=1S/C20H25N3O3/c1-14-6-8-16(9-7-14)13-22(3)20(25)18-5-4-10-23(18)19(24)12-17-11-15(2)21-26-17/h6-9,11,18H,4-5,10,12-13H2,1-3H3. The Morgan fingerprint density at radius 2 is 2.00 bits per heavy atom. The number of benzene rings is 1. The highest BCUT2D eigenvalue weighted by Gasteiger charge is 2.35. The Kier molecular flexibility index (Phi) is 5.40. The number of rotatable bonds is 5. The maximum absolute atomic E-state index is 12.9. The lowest BCUT2D eigenvalue weighted by molar-refractivity contribution is -0.143.